The molecule has 0 aromatic carbocycles. The summed E-state index contributed by atoms with van der Waals surface area (Å²) in [4.78, 5) is 17.9. The first-order valence-corrected chi connectivity index (χ1v) is 6.54. The molecule has 1 N–H and O–H groups in total. The minimum absolute atomic E-state index is 0.0716. The average Bonchev–Trinajstić information content (AvgIpc) is 2.94. The first-order valence-electron chi connectivity index (χ1n) is 6.54. The molecule has 19 heavy (non-hydrogen) atoms. The van der Waals surface area contributed by atoms with Gasteiger partial charge in [0, 0.05) is 25.0 Å². The van der Waals surface area contributed by atoms with Gasteiger partial charge in [-0.1, -0.05) is 6.07 Å². The Labute approximate surface area is 111 Å². The summed E-state index contributed by atoms with van der Waals surface area (Å²) in [5.41, 5.74) is 1.92. The number of carboxylic acids is 1. The van der Waals surface area contributed by atoms with Gasteiger partial charge in [-0.05, 0) is 32.0 Å². The van der Waals surface area contributed by atoms with Crippen LogP contribution in [-0.4, -0.2) is 37.9 Å². The minimum Gasteiger partial charge on any atom is -0.481 e. The highest BCUT2D eigenvalue weighted by atomic mass is 16.4. The number of hydrogen-bond donors (Lipinski definition) is 1. The van der Waals surface area contributed by atoms with Gasteiger partial charge in [-0.25, -0.2) is 4.98 Å². The molecule has 0 saturated carbocycles. The quantitative estimate of drug-likeness (QED) is 0.910. The number of rotatable bonds is 3. The number of hydrogen-bond acceptors (Lipinski definition) is 3. The second-order valence-electron chi connectivity index (χ2n) is 5.14. The molecule has 0 bridgehead atoms. The maximum Gasteiger partial charge on any atom is 0.308 e. The van der Waals surface area contributed by atoms with Crippen molar-refractivity contribution in [1.29, 1.82) is 0 Å². The first kappa shape index (κ1) is 12.2. The SMILES string of the molecule is CC1C(C(=O)O)CCN1Cc1cn2ccccc2n1. The third kappa shape index (κ3) is 2.21. The van der Waals surface area contributed by atoms with Crippen molar-refractivity contribution < 1.29 is 9.90 Å². The lowest BCUT2D eigenvalue weighted by Crippen LogP contribution is -2.32. The van der Waals surface area contributed by atoms with E-state index in [1.54, 1.807) is 0 Å². The summed E-state index contributed by atoms with van der Waals surface area (Å²) in [7, 11) is 0. The molecule has 0 spiro atoms. The van der Waals surface area contributed by atoms with Crippen molar-refractivity contribution in [2.45, 2.75) is 25.9 Å². The van der Waals surface area contributed by atoms with Crippen molar-refractivity contribution in [2.75, 3.05) is 6.54 Å². The molecule has 5 heteroatoms. The fraction of sp³-hybridized carbons (Fsp3) is 0.429. The van der Waals surface area contributed by atoms with Gasteiger partial charge in [0.15, 0.2) is 0 Å². The zero-order chi connectivity index (χ0) is 13.4. The highest BCUT2D eigenvalue weighted by Crippen LogP contribution is 2.25. The molecular weight excluding hydrogens is 242 g/mol. The predicted molar refractivity (Wildman–Crippen MR) is 70.8 cm³/mol. The molecule has 1 saturated heterocycles. The predicted octanol–water partition coefficient (Wildman–Crippen LogP) is 1.63. The van der Waals surface area contributed by atoms with E-state index in [4.69, 9.17) is 5.11 Å². The zero-order valence-corrected chi connectivity index (χ0v) is 10.9. The molecule has 2 aromatic heterocycles. The smallest absolute Gasteiger partial charge is 0.308 e. The molecule has 5 nitrogen and oxygen atoms in total. The standard InChI is InChI=1S/C14H17N3O2/c1-10-12(14(18)19)5-7-16(10)8-11-9-17-6-3-2-4-13(17)15-11/h2-4,6,9-10,12H,5,7-8H2,1H3,(H,18,19). The Morgan fingerprint density at radius 3 is 3.05 bits per heavy atom. The van der Waals surface area contributed by atoms with Gasteiger partial charge in [0.25, 0.3) is 0 Å². The molecule has 0 amide bonds. The van der Waals surface area contributed by atoms with Crippen LogP contribution in [-0.2, 0) is 11.3 Å². The van der Waals surface area contributed by atoms with E-state index < -0.39 is 5.97 Å². The van der Waals surface area contributed by atoms with E-state index in [1.165, 1.54) is 0 Å². The Hall–Kier alpha value is -1.88. The summed E-state index contributed by atoms with van der Waals surface area (Å²) < 4.78 is 1.99. The molecule has 100 valence electrons. The van der Waals surface area contributed by atoms with Crippen molar-refractivity contribution in [3.05, 3.63) is 36.3 Å². The van der Waals surface area contributed by atoms with Crippen LogP contribution in [0.5, 0.6) is 0 Å². The molecule has 3 rings (SSSR count). The fourth-order valence-corrected chi connectivity index (χ4v) is 2.83. The van der Waals surface area contributed by atoms with Gasteiger partial charge >= 0.3 is 5.97 Å². The van der Waals surface area contributed by atoms with Crippen molar-refractivity contribution in [3.63, 3.8) is 0 Å². The maximum absolute atomic E-state index is 11.1. The number of imidazole rings is 1. The number of carboxylic acid groups (broad SMARTS) is 1. The van der Waals surface area contributed by atoms with E-state index >= 15 is 0 Å². The van der Waals surface area contributed by atoms with E-state index in [2.05, 4.69) is 9.88 Å². The van der Waals surface area contributed by atoms with Gasteiger partial charge < -0.3 is 9.51 Å². The topological polar surface area (TPSA) is 57.8 Å². The van der Waals surface area contributed by atoms with Crippen molar-refractivity contribution >= 4 is 11.6 Å². The Bertz CT molecular complexity index is 575. The van der Waals surface area contributed by atoms with Crippen LogP contribution in [0.2, 0.25) is 0 Å². The molecule has 2 unspecified atom stereocenters. The van der Waals surface area contributed by atoms with Crippen LogP contribution in [0.3, 0.4) is 0 Å². The summed E-state index contributed by atoms with van der Waals surface area (Å²) in [6.45, 7) is 3.53. The van der Waals surface area contributed by atoms with Gasteiger partial charge in [0.1, 0.15) is 5.65 Å². The zero-order valence-electron chi connectivity index (χ0n) is 10.9. The van der Waals surface area contributed by atoms with Crippen LogP contribution in [0, 0.1) is 5.92 Å². The summed E-state index contributed by atoms with van der Waals surface area (Å²) in [5, 5.41) is 9.14. The summed E-state index contributed by atoms with van der Waals surface area (Å²) in [5.74, 6) is -0.943. The van der Waals surface area contributed by atoms with Crippen LogP contribution in [0.4, 0.5) is 0 Å². The lowest BCUT2D eigenvalue weighted by atomic mass is 10.0. The molecular formula is C14H17N3O2. The largest absolute Gasteiger partial charge is 0.481 e. The van der Waals surface area contributed by atoms with Crippen molar-refractivity contribution in [1.82, 2.24) is 14.3 Å². The summed E-state index contributed by atoms with van der Waals surface area (Å²) >= 11 is 0. The van der Waals surface area contributed by atoms with Gasteiger partial charge in [-0.2, -0.15) is 0 Å². The number of aliphatic carboxylic acids is 1. The number of nitrogens with zero attached hydrogens (tertiary/aromatic N) is 3. The van der Waals surface area contributed by atoms with Crippen molar-refractivity contribution in [3.8, 4) is 0 Å². The lowest BCUT2D eigenvalue weighted by Gasteiger charge is -2.21. The third-order valence-corrected chi connectivity index (χ3v) is 3.98. The first-order chi connectivity index (χ1) is 9.15. The molecule has 2 atom stereocenters. The molecule has 1 aliphatic heterocycles. The van der Waals surface area contributed by atoms with Crippen LogP contribution in [0.15, 0.2) is 30.6 Å². The highest BCUT2D eigenvalue weighted by Gasteiger charge is 2.35. The Morgan fingerprint density at radius 1 is 1.53 bits per heavy atom. The van der Waals surface area contributed by atoms with E-state index in [0.29, 0.717) is 6.54 Å². The Morgan fingerprint density at radius 2 is 2.37 bits per heavy atom. The van der Waals surface area contributed by atoms with E-state index in [0.717, 1.165) is 24.3 Å². The normalized spacial score (nSPS) is 24.1. The maximum atomic E-state index is 11.1. The number of fused-ring (bicyclic) bond motifs is 1. The van der Waals surface area contributed by atoms with Crippen LogP contribution in [0.1, 0.15) is 19.0 Å². The molecule has 1 fully saturated rings. The summed E-state index contributed by atoms with van der Waals surface area (Å²) in [6, 6.07) is 5.97. The van der Waals surface area contributed by atoms with Gasteiger partial charge in [-0.15, -0.1) is 0 Å². The molecule has 3 heterocycles. The third-order valence-electron chi connectivity index (χ3n) is 3.98. The summed E-state index contributed by atoms with van der Waals surface area (Å²) in [6.07, 6.45) is 4.71. The molecule has 0 radical (unpaired) electrons. The minimum atomic E-state index is -0.690. The monoisotopic (exact) mass is 259 g/mol. The van der Waals surface area contributed by atoms with Crippen LogP contribution in [0.25, 0.3) is 5.65 Å². The number of carbonyl (C=O) groups is 1. The van der Waals surface area contributed by atoms with Crippen LogP contribution >= 0.6 is 0 Å². The van der Waals surface area contributed by atoms with Gasteiger partial charge in [0.2, 0.25) is 0 Å². The lowest BCUT2D eigenvalue weighted by molar-refractivity contribution is -0.142. The number of pyridine rings is 1. The number of likely N-dealkylation sites (tertiary alicyclic amines) is 1. The number of aromatic nitrogens is 2. The Balaban J connectivity index is 1.76. The van der Waals surface area contributed by atoms with E-state index in [1.807, 2.05) is 41.9 Å². The van der Waals surface area contributed by atoms with Gasteiger partial charge in [-0.3, -0.25) is 9.69 Å². The fourth-order valence-electron chi connectivity index (χ4n) is 2.83. The molecule has 0 aliphatic carbocycles. The average molecular weight is 259 g/mol. The highest BCUT2D eigenvalue weighted by molar-refractivity contribution is 5.71. The van der Waals surface area contributed by atoms with Crippen LogP contribution < -0.4 is 0 Å². The second-order valence-corrected chi connectivity index (χ2v) is 5.14. The Kier molecular flexibility index (Phi) is 2.98. The molecule has 2 aromatic rings. The van der Waals surface area contributed by atoms with E-state index in [-0.39, 0.29) is 12.0 Å². The molecule has 1 aliphatic rings. The second kappa shape index (κ2) is 4.66. The van der Waals surface area contributed by atoms with E-state index in [9.17, 15) is 4.79 Å². The van der Waals surface area contributed by atoms with Gasteiger partial charge in [0.05, 0.1) is 11.6 Å². The van der Waals surface area contributed by atoms with Crippen molar-refractivity contribution in [2.24, 2.45) is 5.92 Å².